The molecule has 1 fully saturated rings. The van der Waals surface area contributed by atoms with Crippen LogP contribution in [0.15, 0.2) is 12.1 Å². The van der Waals surface area contributed by atoms with Crippen molar-refractivity contribution in [2.75, 3.05) is 43.9 Å². The number of likely N-dealkylation sites (N-methyl/N-ethyl adjacent to an activating group) is 1. The first-order chi connectivity index (χ1) is 9.47. The molecular weight excluding hydrogens is 271 g/mol. The molecule has 1 saturated heterocycles. The third-order valence-electron chi connectivity index (χ3n) is 3.36. The first-order valence-electron chi connectivity index (χ1n) is 6.44. The maximum atomic E-state index is 13.5. The monoisotopic (exact) mass is 289 g/mol. The lowest BCUT2D eigenvalue weighted by atomic mass is 10.2. The first-order valence-corrected chi connectivity index (χ1v) is 6.44. The highest BCUT2D eigenvalue weighted by molar-refractivity contribution is 5.70. The molecule has 0 aliphatic carbocycles. The molecule has 2 rings (SSSR count). The minimum absolute atomic E-state index is 0.230. The number of hydrogen-bond donors (Lipinski definition) is 1. The van der Waals surface area contributed by atoms with E-state index in [0.717, 1.165) is 32.1 Å². The lowest BCUT2D eigenvalue weighted by Gasteiger charge is -2.25. The molecule has 0 spiro atoms. The lowest BCUT2D eigenvalue weighted by molar-refractivity contribution is -0.0521. The van der Waals surface area contributed by atoms with Crippen molar-refractivity contribution >= 4 is 11.4 Å². The second kappa shape index (κ2) is 6.21. The number of rotatable bonds is 3. The molecule has 1 heterocycles. The van der Waals surface area contributed by atoms with Crippen LogP contribution in [-0.2, 0) is 0 Å². The van der Waals surface area contributed by atoms with Crippen LogP contribution in [0, 0.1) is 5.82 Å². The van der Waals surface area contributed by atoms with Crippen molar-refractivity contribution in [3.63, 3.8) is 0 Å². The second-order valence-electron chi connectivity index (χ2n) is 4.86. The van der Waals surface area contributed by atoms with Gasteiger partial charge in [-0.3, -0.25) is 0 Å². The Morgan fingerprint density at radius 1 is 1.20 bits per heavy atom. The lowest BCUT2D eigenvalue weighted by Crippen LogP contribution is -2.29. The number of nitrogens with two attached hydrogens (primary N) is 1. The number of hydrogen-bond acceptors (Lipinski definition) is 4. The van der Waals surface area contributed by atoms with Crippen molar-refractivity contribution in [1.82, 2.24) is 4.90 Å². The number of nitrogen functional groups attached to an aromatic ring is 1. The number of anilines is 2. The van der Waals surface area contributed by atoms with Crippen molar-refractivity contribution < 1.29 is 17.9 Å². The predicted octanol–water partition coefficient (Wildman–Crippen LogP) is 2.15. The molecule has 0 atom stereocenters. The topological polar surface area (TPSA) is 41.7 Å². The summed E-state index contributed by atoms with van der Waals surface area (Å²) in [5.74, 6) is -1.35. The molecule has 1 aromatic carbocycles. The van der Waals surface area contributed by atoms with Gasteiger partial charge in [0.1, 0.15) is 0 Å². The molecule has 1 aliphatic heterocycles. The quantitative estimate of drug-likeness (QED) is 0.866. The summed E-state index contributed by atoms with van der Waals surface area (Å²) < 4.78 is 42.2. The van der Waals surface area contributed by atoms with E-state index < -0.39 is 18.2 Å². The Morgan fingerprint density at radius 3 is 2.65 bits per heavy atom. The summed E-state index contributed by atoms with van der Waals surface area (Å²) in [4.78, 5) is 4.15. The zero-order chi connectivity index (χ0) is 14.7. The Bertz CT molecular complexity index is 470. The molecule has 0 bridgehead atoms. The Morgan fingerprint density at radius 2 is 1.95 bits per heavy atom. The van der Waals surface area contributed by atoms with Crippen LogP contribution in [0.3, 0.4) is 0 Å². The van der Waals surface area contributed by atoms with Crippen molar-refractivity contribution in [3.8, 4) is 5.75 Å². The van der Waals surface area contributed by atoms with E-state index in [9.17, 15) is 13.2 Å². The average Bonchev–Trinajstić information content (AvgIpc) is 2.57. The fourth-order valence-electron chi connectivity index (χ4n) is 2.31. The van der Waals surface area contributed by atoms with Crippen molar-refractivity contribution in [2.24, 2.45) is 0 Å². The zero-order valence-corrected chi connectivity index (χ0v) is 11.3. The number of nitrogens with zero attached hydrogens (tertiary/aromatic N) is 2. The third-order valence-corrected chi connectivity index (χ3v) is 3.36. The van der Waals surface area contributed by atoms with Crippen LogP contribution in [0.1, 0.15) is 6.42 Å². The van der Waals surface area contributed by atoms with Gasteiger partial charge in [0.15, 0.2) is 11.6 Å². The molecule has 0 amide bonds. The normalized spacial score (nSPS) is 17.4. The van der Waals surface area contributed by atoms with Crippen molar-refractivity contribution in [1.29, 1.82) is 0 Å². The summed E-state index contributed by atoms with van der Waals surface area (Å²) in [6, 6.07) is 2.28. The molecular formula is C13H18F3N3O. The van der Waals surface area contributed by atoms with E-state index in [4.69, 9.17) is 5.73 Å². The summed E-state index contributed by atoms with van der Waals surface area (Å²) in [5.41, 5.74) is 6.57. The predicted molar refractivity (Wildman–Crippen MR) is 71.8 cm³/mol. The summed E-state index contributed by atoms with van der Waals surface area (Å²) in [6.07, 6.45) is 0.929. The standard InChI is InChI=1S/C13H18F3N3O/c1-18-3-2-4-19(6-5-18)11-8-12(20-13(15)16)9(14)7-10(11)17/h7-8,13H,2-6,17H2,1H3. The molecule has 112 valence electrons. The molecule has 0 saturated carbocycles. The van der Waals surface area contributed by atoms with Crippen LogP contribution in [0.2, 0.25) is 0 Å². The Balaban J connectivity index is 2.25. The molecule has 1 aromatic rings. The Labute approximate surface area is 115 Å². The van der Waals surface area contributed by atoms with Gasteiger partial charge in [0.05, 0.1) is 11.4 Å². The smallest absolute Gasteiger partial charge is 0.387 e. The molecule has 0 aromatic heterocycles. The van der Waals surface area contributed by atoms with Gasteiger partial charge in [0.2, 0.25) is 0 Å². The van der Waals surface area contributed by atoms with Crippen molar-refractivity contribution in [3.05, 3.63) is 17.9 Å². The molecule has 20 heavy (non-hydrogen) atoms. The van der Waals surface area contributed by atoms with Gasteiger partial charge in [-0.2, -0.15) is 8.78 Å². The zero-order valence-electron chi connectivity index (χ0n) is 11.3. The van der Waals surface area contributed by atoms with Gasteiger partial charge >= 0.3 is 6.61 Å². The fraction of sp³-hybridized carbons (Fsp3) is 0.538. The van der Waals surface area contributed by atoms with E-state index >= 15 is 0 Å². The van der Waals surface area contributed by atoms with Gasteiger partial charge in [0, 0.05) is 31.8 Å². The Kier molecular flexibility index (Phi) is 4.59. The maximum absolute atomic E-state index is 13.5. The molecule has 7 heteroatoms. The minimum Gasteiger partial charge on any atom is -0.432 e. The van der Waals surface area contributed by atoms with Gasteiger partial charge in [0.25, 0.3) is 0 Å². The van der Waals surface area contributed by atoms with E-state index in [1.54, 1.807) is 0 Å². The van der Waals surface area contributed by atoms with Gasteiger partial charge in [-0.15, -0.1) is 0 Å². The molecule has 4 nitrogen and oxygen atoms in total. The van der Waals surface area contributed by atoms with E-state index in [0.29, 0.717) is 12.2 Å². The highest BCUT2D eigenvalue weighted by Crippen LogP contribution is 2.32. The molecule has 2 N–H and O–H groups in total. The van der Waals surface area contributed by atoms with Crippen LogP contribution in [0.25, 0.3) is 0 Å². The van der Waals surface area contributed by atoms with Crippen LogP contribution >= 0.6 is 0 Å². The van der Waals surface area contributed by atoms with Crippen LogP contribution in [0.5, 0.6) is 5.75 Å². The van der Waals surface area contributed by atoms with Crippen molar-refractivity contribution in [2.45, 2.75) is 13.0 Å². The van der Waals surface area contributed by atoms with E-state index in [1.165, 1.54) is 6.07 Å². The van der Waals surface area contributed by atoms with E-state index in [2.05, 4.69) is 9.64 Å². The van der Waals surface area contributed by atoms with Gasteiger partial charge in [-0.05, 0) is 20.0 Å². The highest BCUT2D eigenvalue weighted by Gasteiger charge is 2.19. The summed E-state index contributed by atoms with van der Waals surface area (Å²) >= 11 is 0. The first kappa shape index (κ1) is 14.8. The third kappa shape index (κ3) is 3.47. The van der Waals surface area contributed by atoms with Crippen LogP contribution in [0.4, 0.5) is 24.5 Å². The molecule has 0 unspecified atom stereocenters. The van der Waals surface area contributed by atoms with Crippen LogP contribution in [-0.4, -0.2) is 44.7 Å². The highest BCUT2D eigenvalue weighted by atomic mass is 19.3. The second-order valence-corrected chi connectivity index (χ2v) is 4.86. The summed E-state index contributed by atoms with van der Waals surface area (Å²) in [5, 5.41) is 0. The van der Waals surface area contributed by atoms with Gasteiger partial charge in [-0.1, -0.05) is 0 Å². The fourth-order valence-corrected chi connectivity index (χ4v) is 2.31. The summed E-state index contributed by atoms with van der Waals surface area (Å²) in [6.45, 7) is 0.186. The van der Waals surface area contributed by atoms with Gasteiger partial charge in [-0.25, -0.2) is 4.39 Å². The average molecular weight is 289 g/mol. The van der Waals surface area contributed by atoms with Gasteiger partial charge < -0.3 is 20.3 Å². The maximum Gasteiger partial charge on any atom is 0.387 e. The number of alkyl halides is 2. The summed E-state index contributed by atoms with van der Waals surface area (Å²) in [7, 11) is 2.02. The van der Waals surface area contributed by atoms with E-state index in [-0.39, 0.29) is 5.69 Å². The van der Waals surface area contributed by atoms with Crippen LogP contribution < -0.4 is 15.4 Å². The minimum atomic E-state index is -3.06. The number of ether oxygens (including phenoxy) is 1. The number of benzene rings is 1. The molecule has 1 aliphatic rings. The largest absolute Gasteiger partial charge is 0.432 e. The number of halogens is 3. The Hall–Kier alpha value is -1.63. The molecule has 0 radical (unpaired) electrons. The SMILES string of the molecule is CN1CCCN(c2cc(OC(F)F)c(F)cc2N)CC1. The van der Waals surface area contributed by atoms with E-state index in [1.807, 2.05) is 11.9 Å².